The summed E-state index contributed by atoms with van der Waals surface area (Å²) in [6.45, 7) is 21.6. The summed E-state index contributed by atoms with van der Waals surface area (Å²) in [5, 5.41) is 3.63. The van der Waals surface area contributed by atoms with E-state index in [-0.39, 0.29) is 0 Å². The first kappa shape index (κ1) is 28.0. The molecule has 0 radical (unpaired) electrons. The Hall–Kier alpha value is 0.0169. The van der Waals surface area contributed by atoms with Gasteiger partial charge in [-0.3, -0.25) is 0 Å². The molecule has 0 saturated carbocycles. The van der Waals surface area contributed by atoms with Gasteiger partial charge < -0.3 is 24.0 Å². The molecule has 170 valence electrons. The van der Waals surface area contributed by atoms with Crippen molar-refractivity contribution in [3.05, 3.63) is 0 Å². The van der Waals surface area contributed by atoms with Crippen LogP contribution in [0.3, 0.4) is 0 Å². The van der Waals surface area contributed by atoms with Crippen molar-refractivity contribution in [3.8, 4) is 0 Å². The highest BCUT2D eigenvalue weighted by atomic mass is 28.4. The van der Waals surface area contributed by atoms with Gasteiger partial charge in [0, 0.05) is 31.8 Å². The van der Waals surface area contributed by atoms with Crippen molar-refractivity contribution in [2.45, 2.75) is 85.4 Å². The zero-order chi connectivity index (χ0) is 21.3. The molecule has 0 aromatic rings. The molecule has 0 amide bonds. The lowest BCUT2D eigenvalue weighted by molar-refractivity contribution is 0.174. The lowest BCUT2D eigenvalue weighted by Crippen LogP contribution is -2.45. The number of rotatable bonds is 20. The molecule has 0 fully saturated rings. The van der Waals surface area contributed by atoms with Gasteiger partial charge in [0.2, 0.25) is 0 Å². The van der Waals surface area contributed by atoms with E-state index in [9.17, 15) is 0 Å². The van der Waals surface area contributed by atoms with E-state index in [4.69, 9.17) is 8.85 Å². The van der Waals surface area contributed by atoms with Gasteiger partial charge in [-0.1, -0.05) is 20.8 Å². The first-order valence-corrected chi connectivity index (χ1v) is 14.1. The van der Waals surface area contributed by atoms with Crippen molar-refractivity contribution in [2.24, 2.45) is 0 Å². The van der Waals surface area contributed by atoms with Crippen molar-refractivity contribution >= 4 is 8.56 Å². The molecule has 0 heterocycles. The minimum absolute atomic E-state index is 0.618. The van der Waals surface area contributed by atoms with E-state index in [0.29, 0.717) is 6.04 Å². The van der Waals surface area contributed by atoms with E-state index in [2.05, 4.69) is 63.7 Å². The third kappa shape index (κ3) is 13.3. The normalized spacial score (nSPS) is 13.6. The van der Waals surface area contributed by atoms with Crippen molar-refractivity contribution in [1.82, 2.24) is 15.1 Å². The van der Waals surface area contributed by atoms with E-state index in [1.807, 2.05) is 0 Å². The fourth-order valence-electron chi connectivity index (χ4n) is 3.61. The van der Waals surface area contributed by atoms with E-state index in [1.165, 1.54) is 45.3 Å². The minimum atomic E-state index is -2.04. The number of hydrogen-bond donors (Lipinski definition) is 1. The topological polar surface area (TPSA) is 37.0 Å². The van der Waals surface area contributed by atoms with Crippen molar-refractivity contribution in [2.75, 3.05) is 59.5 Å². The van der Waals surface area contributed by atoms with Gasteiger partial charge in [-0.2, -0.15) is 0 Å². The molecule has 0 aromatic carbocycles. The van der Waals surface area contributed by atoms with Crippen molar-refractivity contribution in [3.63, 3.8) is 0 Å². The number of nitrogens with zero attached hydrogens (tertiary/aromatic N) is 2. The molecule has 0 aliphatic heterocycles. The fraction of sp³-hybridized carbons (Fsp3) is 1.00. The van der Waals surface area contributed by atoms with Crippen LogP contribution in [0, 0.1) is 0 Å². The van der Waals surface area contributed by atoms with Gasteiger partial charge in [0.15, 0.2) is 0 Å². The van der Waals surface area contributed by atoms with Gasteiger partial charge in [-0.15, -0.1) is 0 Å². The Balaban J connectivity index is 4.61. The predicted octanol–water partition coefficient (Wildman–Crippen LogP) is 4.33. The molecule has 0 spiro atoms. The molecule has 28 heavy (non-hydrogen) atoms. The summed E-state index contributed by atoms with van der Waals surface area (Å²) in [6.07, 6.45) is 4.87. The summed E-state index contributed by atoms with van der Waals surface area (Å²) in [4.78, 5) is 5.10. The minimum Gasteiger partial charge on any atom is -0.394 e. The van der Waals surface area contributed by atoms with Gasteiger partial charge in [-0.05, 0) is 92.3 Å². The SMILES string of the molecule is CCCN(C)CCCN(CCCNC(C)CC)CC[Si](CC)(OCC)OCC. The summed E-state index contributed by atoms with van der Waals surface area (Å²) in [5.41, 5.74) is 0. The van der Waals surface area contributed by atoms with Crippen LogP contribution < -0.4 is 5.32 Å². The van der Waals surface area contributed by atoms with Gasteiger partial charge in [0.05, 0.1) is 0 Å². The molecule has 1 atom stereocenters. The van der Waals surface area contributed by atoms with Crippen LogP contribution in [0.5, 0.6) is 0 Å². The highest BCUT2D eigenvalue weighted by molar-refractivity contribution is 6.67. The lowest BCUT2D eigenvalue weighted by atomic mass is 10.2. The summed E-state index contributed by atoms with van der Waals surface area (Å²) in [7, 11) is 0.194. The molecular formula is C22H51N3O2Si. The average molecular weight is 418 g/mol. The average Bonchev–Trinajstić information content (AvgIpc) is 2.68. The Labute approximate surface area is 177 Å². The molecule has 0 saturated heterocycles. The molecule has 0 aliphatic rings. The molecule has 6 heteroatoms. The van der Waals surface area contributed by atoms with E-state index >= 15 is 0 Å². The number of hydrogen-bond acceptors (Lipinski definition) is 5. The summed E-state index contributed by atoms with van der Waals surface area (Å²) in [6, 6.07) is 2.73. The smallest absolute Gasteiger partial charge is 0.339 e. The quantitative estimate of drug-likeness (QED) is 0.236. The lowest BCUT2D eigenvalue weighted by Gasteiger charge is -2.32. The van der Waals surface area contributed by atoms with Crippen LogP contribution in [0.25, 0.3) is 0 Å². The zero-order valence-corrected chi connectivity index (χ0v) is 21.2. The zero-order valence-electron chi connectivity index (χ0n) is 20.2. The fourth-order valence-corrected chi connectivity index (χ4v) is 6.45. The summed E-state index contributed by atoms with van der Waals surface area (Å²) >= 11 is 0. The van der Waals surface area contributed by atoms with Gasteiger partial charge in [-0.25, -0.2) is 0 Å². The Bertz CT molecular complexity index is 342. The monoisotopic (exact) mass is 417 g/mol. The molecule has 0 aliphatic carbocycles. The largest absolute Gasteiger partial charge is 0.394 e. The molecule has 1 N–H and O–H groups in total. The first-order valence-electron chi connectivity index (χ1n) is 11.9. The van der Waals surface area contributed by atoms with Crippen LogP contribution in [0.2, 0.25) is 12.1 Å². The molecule has 0 aromatic heterocycles. The Kier molecular flexibility index (Phi) is 17.9. The Morgan fingerprint density at radius 3 is 2.04 bits per heavy atom. The maximum Gasteiger partial charge on any atom is 0.339 e. The second-order valence-electron chi connectivity index (χ2n) is 8.00. The second-order valence-corrected chi connectivity index (χ2v) is 11.6. The van der Waals surface area contributed by atoms with Gasteiger partial charge in [0.25, 0.3) is 0 Å². The van der Waals surface area contributed by atoms with Crippen molar-refractivity contribution in [1.29, 1.82) is 0 Å². The third-order valence-corrected chi connectivity index (χ3v) is 9.23. The van der Waals surface area contributed by atoms with E-state index in [1.54, 1.807) is 0 Å². The highest BCUT2D eigenvalue weighted by Crippen LogP contribution is 2.20. The van der Waals surface area contributed by atoms with Crippen LogP contribution in [-0.4, -0.2) is 83.9 Å². The highest BCUT2D eigenvalue weighted by Gasteiger charge is 2.35. The van der Waals surface area contributed by atoms with Crippen LogP contribution in [0.1, 0.15) is 67.2 Å². The molecule has 0 bridgehead atoms. The second kappa shape index (κ2) is 17.8. The van der Waals surface area contributed by atoms with E-state index < -0.39 is 8.56 Å². The van der Waals surface area contributed by atoms with Crippen LogP contribution in [-0.2, 0) is 8.85 Å². The first-order chi connectivity index (χ1) is 13.5. The molecule has 1 unspecified atom stereocenters. The maximum atomic E-state index is 6.19. The van der Waals surface area contributed by atoms with Gasteiger partial charge in [0.1, 0.15) is 0 Å². The summed E-state index contributed by atoms with van der Waals surface area (Å²) in [5.74, 6) is 0. The third-order valence-electron chi connectivity index (χ3n) is 5.54. The van der Waals surface area contributed by atoms with Crippen molar-refractivity contribution < 1.29 is 8.85 Å². The molecular weight excluding hydrogens is 366 g/mol. The van der Waals surface area contributed by atoms with Crippen LogP contribution in [0.4, 0.5) is 0 Å². The van der Waals surface area contributed by atoms with E-state index in [0.717, 1.165) is 44.9 Å². The molecule has 0 rings (SSSR count). The maximum absolute atomic E-state index is 6.19. The standard InChI is InChI=1S/C22H51N3O2Si/c1-8-16-24(7)17-14-19-25(18-13-15-23-22(6)9-2)20-21-28(12-5,26-10-3)27-11-4/h22-23H,8-21H2,1-7H3. The predicted molar refractivity (Wildman–Crippen MR) is 126 cm³/mol. The summed E-state index contributed by atoms with van der Waals surface area (Å²) < 4.78 is 12.4. The Morgan fingerprint density at radius 2 is 1.50 bits per heavy atom. The molecule has 5 nitrogen and oxygen atoms in total. The van der Waals surface area contributed by atoms with Gasteiger partial charge >= 0.3 is 8.56 Å². The van der Waals surface area contributed by atoms with Crippen LogP contribution in [0.15, 0.2) is 0 Å². The van der Waals surface area contributed by atoms with Crippen LogP contribution >= 0.6 is 0 Å². The Morgan fingerprint density at radius 1 is 0.857 bits per heavy atom. The number of nitrogens with one attached hydrogen (secondary N) is 1.